The van der Waals surface area contributed by atoms with Crippen molar-refractivity contribution in [1.82, 2.24) is 4.90 Å². The number of ether oxygens (including phenoxy) is 4. The second-order valence-electron chi connectivity index (χ2n) is 8.21. The lowest BCUT2D eigenvalue weighted by Gasteiger charge is -2.38. The van der Waals surface area contributed by atoms with Gasteiger partial charge in [-0.2, -0.15) is 0 Å². The number of carbonyl (C=O) groups excluding carboxylic acids is 1. The fraction of sp³-hybridized carbons (Fsp3) is 0.321. The van der Waals surface area contributed by atoms with Crippen LogP contribution in [0.15, 0.2) is 66.7 Å². The summed E-state index contributed by atoms with van der Waals surface area (Å²) in [4.78, 5) is 15.3. The van der Waals surface area contributed by atoms with E-state index in [9.17, 15) is 4.79 Å². The normalized spacial score (nSPS) is 14.8. The second-order valence-corrected chi connectivity index (χ2v) is 8.21. The van der Waals surface area contributed by atoms with Crippen LogP contribution in [0, 0.1) is 0 Å². The largest absolute Gasteiger partial charge is 0.493 e. The molecule has 0 radical (unpaired) electrons. The molecule has 0 N–H and O–H groups in total. The summed E-state index contributed by atoms with van der Waals surface area (Å²) in [5.41, 5.74) is 3.31. The molecule has 34 heavy (non-hydrogen) atoms. The number of methoxy groups -OCH3 is 3. The molecule has 1 amide bonds. The van der Waals surface area contributed by atoms with Crippen LogP contribution in [-0.4, -0.2) is 45.3 Å². The number of amides is 1. The topological polar surface area (TPSA) is 57.2 Å². The van der Waals surface area contributed by atoms with Crippen molar-refractivity contribution < 1.29 is 23.7 Å². The zero-order chi connectivity index (χ0) is 23.9. The molecule has 0 aromatic heterocycles. The number of nitrogens with zero attached hydrogens (tertiary/aromatic N) is 1. The Labute approximate surface area is 201 Å². The highest BCUT2D eigenvalue weighted by Crippen LogP contribution is 2.39. The van der Waals surface area contributed by atoms with E-state index in [0.717, 1.165) is 23.1 Å². The van der Waals surface area contributed by atoms with Crippen molar-refractivity contribution >= 4 is 5.91 Å². The highest BCUT2D eigenvalue weighted by atomic mass is 16.5. The molecule has 4 rings (SSSR count). The van der Waals surface area contributed by atoms with Gasteiger partial charge in [0.15, 0.2) is 23.0 Å². The fourth-order valence-electron chi connectivity index (χ4n) is 4.45. The van der Waals surface area contributed by atoms with E-state index in [4.69, 9.17) is 18.9 Å². The van der Waals surface area contributed by atoms with Crippen LogP contribution in [0.5, 0.6) is 23.0 Å². The lowest BCUT2D eigenvalue weighted by molar-refractivity contribution is -0.134. The molecule has 0 saturated heterocycles. The molecule has 1 aliphatic rings. The van der Waals surface area contributed by atoms with E-state index in [1.165, 1.54) is 0 Å². The third-order valence-corrected chi connectivity index (χ3v) is 6.26. The molecule has 3 aromatic carbocycles. The van der Waals surface area contributed by atoms with E-state index >= 15 is 0 Å². The lowest BCUT2D eigenvalue weighted by Crippen LogP contribution is -2.42. The number of fused-ring (bicyclic) bond motifs is 1. The maximum absolute atomic E-state index is 13.4. The molecule has 6 nitrogen and oxygen atoms in total. The van der Waals surface area contributed by atoms with Crippen LogP contribution in [0.25, 0.3) is 0 Å². The number of carbonyl (C=O) groups is 1. The van der Waals surface area contributed by atoms with Gasteiger partial charge in [0.2, 0.25) is 5.91 Å². The summed E-state index contributed by atoms with van der Waals surface area (Å²) in [7, 11) is 4.87. The maximum Gasteiger partial charge on any atom is 0.223 e. The van der Waals surface area contributed by atoms with Gasteiger partial charge in [-0.15, -0.1) is 0 Å². The first-order valence-corrected chi connectivity index (χ1v) is 11.5. The van der Waals surface area contributed by atoms with Crippen molar-refractivity contribution in [2.45, 2.75) is 25.3 Å². The van der Waals surface area contributed by atoms with Crippen molar-refractivity contribution in [3.05, 3.63) is 83.4 Å². The molecule has 0 aliphatic carbocycles. The number of aryl methyl sites for hydroxylation is 1. The molecule has 6 heteroatoms. The van der Waals surface area contributed by atoms with Gasteiger partial charge in [0, 0.05) is 13.0 Å². The Balaban J connectivity index is 1.61. The molecule has 0 fully saturated rings. The van der Waals surface area contributed by atoms with Crippen molar-refractivity contribution in [3.63, 3.8) is 0 Å². The average Bonchev–Trinajstić information content (AvgIpc) is 2.90. The summed E-state index contributed by atoms with van der Waals surface area (Å²) >= 11 is 0. The number of rotatable bonds is 9. The molecule has 1 atom stereocenters. The third kappa shape index (κ3) is 5.11. The SMILES string of the molecule is COc1cc2c(cc1OC)C(COc1ccccc1OC)N(C(=O)CCc1ccccc1)CC2. The zero-order valence-corrected chi connectivity index (χ0v) is 20.0. The summed E-state index contributed by atoms with van der Waals surface area (Å²) in [5, 5.41) is 0. The monoisotopic (exact) mass is 461 g/mol. The minimum Gasteiger partial charge on any atom is -0.493 e. The van der Waals surface area contributed by atoms with Crippen LogP contribution in [-0.2, 0) is 17.6 Å². The third-order valence-electron chi connectivity index (χ3n) is 6.26. The summed E-state index contributed by atoms with van der Waals surface area (Å²) in [6.07, 6.45) is 1.89. The second kappa shape index (κ2) is 11.0. The van der Waals surface area contributed by atoms with Gasteiger partial charge in [-0.05, 0) is 53.8 Å². The molecule has 1 unspecified atom stereocenters. The van der Waals surface area contributed by atoms with Crippen LogP contribution in [0.1, 0.15) is 29.2 Å². The molecule has 0 saturated carbocycles. The van der Waals surface area contributed by atoms with E-state index in [0.29, 0.717) is 49.0 Å². The highest BCUT2D eigenvalue weighted by molar-refractivity contribution is 5.77. The number of hydrogen-bond acceptors (Lipinski definition) is 5. The Hall–Kier alpha value is -3.67. The summed E-state index contributed by atoms with van der Waals surface area (Å²) in [5.74, 6) is 2.75. The standard InChI is InChI=1S/C28H31NO5/c1-31-24-11-7-8-12-25(24)34-19-23-22-18-27(33-3)26(32-2)17-21(22)15-16-29(23)28(30)14-13-20-9-5-4-6-10-20/h4-12,17-18,23H,13-16,19H2,1-3H3. The minimum absolute atomic E-state index is 0.109. The van der Waals surface area contributed by atoms with Crippen LogP contribution in [0.3, 0.4) is 0 Å². The van der Waals surface area contributed by atoms with Gasteiger partial charge in [0.25, 0.3) is 0 Å². The van der Waals surface area contributed by atoms with Crippen molar-refractivity contribution in [2.24, 2.45) is 0 Å². The van der Waals surface area contributed by atoms with E-state index in [2.05, 4.69) is 12.1 Å². The van der Waals surface area contributed by atoms with Gasteiger partial charge in [-0.3, -0.25) is 4.79 Å². The van der Waals surface area contributed by atoms with Crippen LogP contribution >= 0.6 is 0 Å². The molecule has 0 bridgehead atoms. The molecular weight excluding hydrogens is 430 g/mol. The van der Waals surface area contributed by atoms with Crippen LogP contribution in [0.4, 0.5) is 0 Å². The van der Waals surface area contributed by atoms with Gasteiger partial charge in [0.05, 0.1) is 27.4 Å². The number of para-hydroxylation sites is 2. The first-order chi connectivity index (χ1) is 16.6. The molecule has 178 valence electrons. The molecular formula is C28H31NO5. The number of benzene rings is 3. The first kappa shape index (κ1) is 23.5. The molecule has 0 spiro atoms. The highest BCUT2D eigenvalue weighted by Gasteiger charge is 2.32. The van der Waals surface area contributed by atoms with Crippen LogP contribution < -0.4 is 18.9 Å². The predicted octanol–water partition coefficient (Wildman–Crippen LogP) is 4.85. The summed E-state index contributed by atoms with van der Waals surface area (Å²) < 4.78 is 22.7. The van der Waals surface area contributed by atoms with Gasteiger partial charge < -0.3 is 23.8 Å². The first-order valence-electron chi connectivity index (χ1n) is 11.5. The van der Waals surface area contributed by atoms with Gasteiger partial charge in [-0.1, -0.05) is 42.5 Å². The van der Waals surface area contributed by atoms with Gasteiger partial charge in [0.1, 0.15) is 6.61 Å². The van der Waals surface area contributed by atoms with E-state index < -0.39 is 0 Å². The predicted molar refractivity (Wildman–Crippen MR) is 131 cm³/mol. The van der Waals surface area contributed by atoms with Crippen molar-refractivity contribution in [1.29, 1.82) is 0 Å². The maximum atomic E-state index is 13.4. The Morgan fingerprint density at radius 1 is 0.853 bits per heavy atom. The summed E-state index contributed by atoms with van der Waals surface area (Å²) in [6.45, 7) is 0.927. The minimum atomic E-state index is -0.253. The van der Waals surface area contributed by atoms with Gasteiger partial charge in [-0.25, -0.2) is 0 Å². The molecule has 3 aromatic rings. The Bertz CT molecular complexity index is 1120. The van der Waals surface area contributed by atoms with E-state index in [1.54, 1.807) is 21.3 Å². The van der Waals surface area contributed by atoms with Crippen molar-refractivity contribution in [2.75, 3.05) is 34.5 Å². The molecule has 1 heterocycles. The Morgan fingerprint density at radius 2 is 1.50 bits per heavy atom. The van der Waals surface area contributed by atoms with Crippen molar-refractivity contribution in [3.8, 4) is 23.0 Å². The summed E-state index contributed by atoms with van der Waals surface area (Å²) in [6, 6.07) is 21.4. The fourth-order valence-corrected chi connectivity index (χ4v) is 4.45. The number of hydrogen-bond donors (Lipinski definition) is 0. The molecule has 1 aliphatic heterocycles. The van der Waals surface area contributed by atoms with Gasteiger partial charge >= 0.3 is 0 Å². The Kier molecular flexibility index (Phi) is 7.58. The quantitative estimate of drug-likeness (QED) is 0.456. The van der Waals surface area contributed by atoms with E-state index in [1.807, 2.05) is 59.5 Å². The van der Waals surface area contributed by atoms with E-state index in [-0.39, 0.29) is 11.9 Å². The zero-order valence-electron chi connectivity index (χ0n) is 20.0. The Morgan fingerprint density at radius 3 is 2.21 bits per heavy atom. The van der Waals surface area contributed by atoms with Crippen LogP contribution in [0.2, 0.25) is 0 Å². The smallest absolute Gasteiger partial charge is 0.223 e. The average molecular weight is 462 g/mol. The lowest BCUT2D eigenvalue weighted by atomic mass is 9.91.